The van der Waals surface area contributed by atoms with Crippen LogP contribution in [0.15, 0.2) is 24.3 Å². The maximum Gasteiger partial charge on any atom is 0.142 e. The van der Waals surface area contributed by atoms with Crippen LogP contribution in [0.25, 0.3) is 6.08 Å². The van der Waals surface area contributed by atoms with Gasteiger partial charge < -0.3 is 4.74 Å². The van der Waals surface area contributed by atoms with Gasteiger partial charge in [-0.1, -0.05) is 19.1 Å². The molecule has 0 radical (unpaired) electrons. The summed E-state index contributed by atoms with van der Waals surface area (Å²) in [5, 5.41) is 0. The van der Waals surface area contributed by atoms with Crippen LogP contribution < -0.4 is 4.74 Å². The lowest BCUT2D eigenvalue weighted by Crippen LogP contribution is -1.89. The van der Waals surface area contributed by atoms with Gasteiger partial charge in [0.15, 0.2) is 0 Å². The van der Waals surface area contributed by atoms with Crippen molar-refractivity contribution in [1.29, 1.82) is 0 Å². The number of hydrogen-bond acceptors (Lipinski definition) is 2. The van der Waals surface area contributed by atoms with Crippen LogP contribution in [0.3, 0.4) is 0 Å². The number of benzene rings is 1. The molecule has 0 unspecified atom stereocenters. The minimum atomic E-state index is 0.781. The quantitative estimate of drug-likeness (QED) is 0.538. The highest BCUT2D eigenvalue weighted by Crippen LogP contribution is 2.19. The smallest absolute Gasteiger partial charge is 0.142 e. The fourth-order valence-corrected chi connectivity index (χ4v) is 1.32. The van der Waals surface area contributed by atoms with Crippen molar-refractivity contribution in [3.8, 4) is 5.75 Å². The molecule has 1 aromatic rings. The minimum absolute atomic E-state index is 0.781. The zero-order valence-corrected chi connectivity index (χ0v) is 8.49. The van der Waals surface area contributed by atoms with E-state index in [1.165, 1.54) is 11.6 Å². The van der Waals surface area contributed by atoms with E-state index in [1.54, 1.807) is 7.11 Å². The van der Waals surface area contributed by atoms with Gasteiger partial charge in [-0.2, -0.15) is 0 Å². The van der Waals surface area contributed by atoms with Gasteiger partial charge in [-0.25, -0.2) is 0 Å². The van der Waals surface area contributed by atoms with Crippen LogP contribution in [0.1, 0.15) is 18.1 Å². The van der Waals surface area contributed by atoms with Crippen LogP contribution in [-0.2, 0) is 11.2 Å². The van der Waals surface area contributed by atoms with Crippen LogP contribution in [0.4, 0.5) is 0 Å². The van der Waals surface area contributed by atoms with Gasteiger partial charge in [0.1, 0.15) is 12.0 Å². The Morgan fingerprint density at radius 2 is 2.21 bits per heavy atom. The first-order chi connectivity index (χ1) is 6.81. The normalized spacial score (nSPS) is 10.4. The number of methoxy groups -OCH3 is 1. The SMILES string of the molecule is CCc1cc(OC)ccc1C=CC=O. The molecular formula is C12H14O2. The average molecular weight is 190 g/mol. The number of aryl methyl sites for hydroxylation is 1. The maximum absolute atomic E-state index is 10.2. The molecule has 0 aliphatic heterocycles. The second-order valence-corrected chi connectivity index (χ2v) is 2.91. The first kappa shape index (κ1) is 10.5. The van der Waals surface area contributed by atoms with Gasteiger partial charge in [-0.15, -0.1) is 0 Å². The van der Waals surface area contributed by atoms with E-state index in [2.05, 4.69) is 6.92 Å². The zero-order chi connectivity index (χ0) is 10.4. The Bertz CT molecular complexity index is 340. The Morgan fingerprint density at radius 1 is 1.43 bits per heavy atom. The Labute approximate surface area is 84.2 Å². The molecule has 0 bridgehead atoms. The molecule has 0 aliphatic rings. The molecule has 0 saturated carbocycles. The van der Waals surface area contributed by atoms with Gasteiger partial charge in [-0.3, -0.25) is 4.79 Å². The summed E-state index contributed by atoms with van der Waals surface area (Å²) < 4.78 is 5.12. The summed E-state index contributed by atoms with van der Waals surface area (Å²) in [5.41, 5.74) is 2.25. The number of rotatable bonds is 4. The van der Waals surface area contributed by atoms with E-state index in [9.17, 15) is 4.79 Å². The van der Waals surface area contributed by atoms with E-state index in [1.807, 2.05) is 24.3 Å². The third-order valence-corrected chi connectivity index (χ3v) is 2.09. The first-order valence-electron chi connectivity index (χ1n) is 4.60. The van der Waals surface area contributed by atoms with E-state index >= 15 is 0 Å². The van der Waals surface area contributed by atoms with Crippen LogP contribution in [-0.4, -0.2) is 13.4 Å². The summed E-state index contributed by atoms with van der Waals surface area (Å²) in [7, 11) is 1.65. The van der Waals surface area contributed by atoms with Crippen LogP contribution in [0.5, 0.6) is 5.75 Å². The predicted molar refractivity (Wildman–Crippen MR) is 57.5 cm³/mol. The summed E-state index contributed by atoms with van der Waals surface area (Å²) in [4.78, 5) is 10.2. The highest BCUT2D eigenvalue weighted by molar-refractivity contribution is 5.74. The summed E-state index contributed by atoms with van der Waals surface area (Å²) in [6.45, 7) is 2.08. The second kappa shape index (κ2) is 5.22. The van der Waals surface area contributed by atoms with Crippen LogP contribution in [0, 0.1) is 0 Å². The summed E-state index contributed by atoms with van der Waals surface area (Å²) in [6, 6.07) is 5.84. The van der Waals surface area contributed by atoms with Crippen molar-refractivity contribution >= 4 is 12.4 Å². The standard InChI is InChI=1S/C12H14O2/c1-3-10-9-12(14-2)7-6-11(10)5-4-8-13/h4-9H,3H2,1-2H3. The molecular weight excluding hydrogens is 176 g/mol. The number of carbonyl (C=O) groups excluding carboxylic acids is 1. The third-order valence-electron chi connectivity index (χ3n) is 2.09. The zero-order valence-electron chi connectivity index (χ0n) is 8.49. The monoisotopic (exact) mass is 190 g/mol. The van der Waals surface area contributed by atoms with Crippen molar-refractivity contribution in [2.24, 2.45) is 0 Å². The molecule has 74 valence electrons. The number of aldehydes is 1. The molecule has 14 heavy (non-hydrogen) atoms. The van der Waals surface area contributed by atoms with Gasteiger partial charge >= 0.3 is 0 Å². The molecule has 0 spiro atoms. The molecule has 0 heterocycles. The fraction of sp³-hybridized carbons (Fsp3) is 0.250. The number of carbonyl (C=O) groups is 1. The number of allylic oxidation sites excluding steroid dienone is 1. The molecule has 0 amide bonds. The third kappa shape index (κ3) is 2.46. The lowest BCUT2D eigenvalue weighted by atomic mass is 10.0. The second-order valence-electron chi connectivity index (χ2n) is 2.91. The molecule has 0 atom stereocenters. The summed E-state index contributed by atoms with van der Waals surface area (Å²) in [5.74, 6) is 0.852. The van der Waals surface area contributed by atoms with E-state index < -0.39 is 0 Å². The molecule has 0 aliphatic carbocycles. The van der Waals surface area contributed by atoms with Crippen molar-refractivity contribution in [1.82, 2.24) is 0 Å². The maximum atomic E-state index is 10.2. The molecule has 1 rings (SSSR count). The average Bonchev–Trinajstić information content (AvgIpc) is 2.26. The number of hydrogen-bond donors (Lipinski definition) is 0. The molecule has 2 heteroatoms. The minimum Gasteiger partial charge on any atom is -0.497 e. The first-order valence-corrected chi connectivity index (χ1v) is 4.60. The van der Waals surface area contributed by atoms with Gasteiger partial charge in [0, 0.05) is 0 Å². The van der Waals surface area contributed by atoms with Crippen molar-refractivity contribution < 1.29 is 9.53 Å². The van der Waals surface area contributed by atoms with Crippen molar-refractivity contribution in [3.63, 3.8) is 0 Å². The molecule has 2 nitrogen and oxygen atoms in total. The molecule has 0 saturated heterocycles. The Morgan fingerprint density at radius 3 is 2.79 bits per heavy atom. The van der Waals surface area contributed by atoms with Crippen molar-refractivity contribution in [2.45, 2.75) is 13.3 Å². The van der Waals surface area contributed by atoms with Gasteiger partial charge in [0.25, 0.3) is 0 Å². The number of ether oxygens (including phenoxy) is 1. The molecule has 0 aromatic heterocycles. The Hall–Kier alpha value is -1.57. The van der Waals surface area contributed by atoms with E-state index in [4.69, 9.17) is 4.74 Å². The highest BCUT2D eigenvalue weighted by Gasteiger charge is 1.99. The predicted octanol–water partition coefficient (Wildman–Crippen LogP) is 2.47. The van der Waals surface area contributed by atoms with Gasteiger partial charge in [0.05, 0.1) is 7.11 Å². The largest absolute Gasteiger partial charge is 0.497 e. The van der Waals surface area contributed by atoms with E-state index in [0.29, 0.717) is 0 Å². The Kier molecular flexibility index (Phi) is 3.92. The topological polar surface area (TPSA) is 26.3 Å². The fourth-order valence-electron chi connectivity index (χ4n) is 1.32. The van der Waals surface area contributed by atoms with E-state index in [-0.39, 0.29) is 0 Å². The van der Waals surface area contributed by atoms with E-state index in [0.717, 1.165) is 24.0 Å². The van der Waals surface area contributed by atoms with Crippen molar-refractivity contribution in [2.75, 3.05) is 7.11 Å². The molecule has 0 fully saturated rings. The van der Waals surface area contributed by atoms with Gasteiger partial charge in [-0.05, 0) is 35.8 Å². The Balaban J connectivity index is 3.04. The van der Waals surface area contributed by atoms with Crippen molar-refractivity contribution in [3.05, 3.63) is 35.4 Å². The van der Waals surface area contributed by atoms with Crippen LogP contribution in [0.2, 0.25) is 0 Å². The molecule has 0 N–H and O–H groups in total. The highest BCUT2D eigenvalue weighted by atomic mass is 16.5. The lowest BCUT2D eigenvalue weighted by molar-refractivity contribution is -0.104. The van der Waals surface area contributed by atoms with Crippen LogP contribution >= 0.6 is 0 Å². The molecule has 1 aromatic carbocycles. The van der Waals surface area contributed by atoms with Gasteiger partial charge in [0.2, 0.25) is 0 Å². The summed E-state index contributed by atoms with van der Waals surface area (Å²) >= 11 is 0. The summed E-state index contributed by atoms with van der Waals surface area (Å²) in [6.07, 6.45) is 5.02. The lowest BCUT2D eigenvalue weighted by Gasteiger charge is -2.06.